The molecule has 0 saturated carbocycles. The lowest BCUT2D eigenvalue weighted by Crippen LogP contribution is -2.44. The molecule has 1 atom stereocenters. The van der Waals surface area contributed by atoms with E-state index in [2.05, 4.69) is 5.48 Å². The molecular formula is C16H10Cl2N2O3. The van der Waals surface area contributed by atoms with E-state index in [0.29, 0.717) is 15.7 Å². The molecule has 0 radical (unpaired) electrons. The molecule has 0 aromatic heterocycles. The molecule has 2 aromatic carbocycles. The number of aliphatic carboxylic acids is 1. The van der Waals surface area contributed by atoms with Crippen LogP contribution in [-0.4, -0.2) is 16.9 Å². The molecule has 2 aromatic rings. The van der Waals surface area contributed by atoms with E-state index in [1.54, 1.807) is 29.2 Å². The van der Waals surface area contributed by atoms with Crippen LogP contribution in [0.25, 0.3) is 6.08 Å². The van der Waals surface area contributed by atoms with Gasteiger partial charge in [0.15, 0.2) is 0 Å². The van der Waals surface area contributed by atoms with Crippen molar-refractivity contribution in [2.24, 2.45) is 0 Å². The van der Waals surface area contributed by atoms with Crippen LogP contribution >= 0.6 is 23.2 Å². The number of para-hydroxylation sites is 2. The van der Waals surface area contributed by atoms with Gasteiger partial charge in [-0.25, -0.2) is 9.63 Å². The van der Waals surface area contributed by atoms with Crippen molar-refractivity contribution in [2.45, 2.75) is 5.85 Å². The molecule has 1 spiro atoms. The van der Waals surface area contributed by atoms with Gasteiger partial charge in [0.25, 0.3) is 5.85 Å². The van der Waals surface area contributed by atoms with Crippen molar-refractivity contribution in [3.63, 3.8) is 0 Å². The number of carboxylic acids is 1. The zero-order valence-electron chi connectivity index (χ0n) is 11.6. The summed E-state index contributed by atoms with van der Waals surface area (Å²) in [5.41, 5.74) is 4.72. The first kappa shape index (κ1) is 14.5. The zero-order valence-corrected chi connectivity index (χ0v) is 13.1. The highest BCUT2D eigenvalue weighted by Crippen LogP contribution is 2.51. The van der Waals surface area contributed by atoms with Crippen LogP contribution in [0.15, 0.2) is 48.0 Å². The van der Waals surface area contributed by atoms with E-state index >= 15 is 0 Å². The van der Waals surface area contributed by atoms with Gasteiger partial charge in [0.1, 0.15) is 5.57 Å². The van der Waals surface area contributed by atoms with Gasteiger partial charge in [-0.05, 0) is 29.8 Å². The third-order valence-corrected chi connectivity index (χ3v) is 4.45. The van der Waals surface area contributed by atoms with Gasteiger partial charge < -0.3 is 5.11 Å². The average molecular weight is 349 g/mol. The predicted octanol–water partition coefficient (Wildman–Crippen LogP) is 3.80. The van der Waals surface area contributed by atoms with E-state index in [0.717, 1.165) is 11.3 Å². The minimum atomic E-state index is -1.31. The summed E-state index contributed by atoms with van der Waals surface area (Å²) >= 11 is 12.7. The first-order chi connectivity index (χ1) is 11.0. The number of halogens is 2. The maximum atomic E-state index is 11.7. The number of rotatable bonds is 2. The summed E-state index contributed by atoms with van der Waals surface area (Å²) in [5, 5.41) is 10.4. The lowest BCUT2D eigenvalue weighted by atomic mass is 9.97. The van der Waals surface area contributed by atoms with Crippen LogP contribution in [0.3, 0.4) is 0 Å². The molecule has 0 amide bonds. The van der Waals surface area contributed by atoms with Gasteiger partial charge in [0.05, 0.1) is 21.4 Å². The molecule has 23 heavy (non-hydrogen) atoms. The summed E-state index contributed by atoms with van der Waals surface area (Å²) < 4.78 is 0. The molecule has 1 saturated heterocycles. The minimum Gasteiger partial charge on any atom is -0.478 e. The molecule has 4 rings (SSSR count). The summed E-state index contributed by atoms with van der Waals surface area (Å²) in [7, 11) is 0. The quantitative estimate of drug-likeness (QED) is 0.807. The smallest absolute Gasteiger partial charge is 0.338 e. The minimum absolute atomic E-state index is 0.0622. The van der Waals surface area contributed by atoms with Gasteiger partial charge in [-0.3, -0.25) is 4.90 Å². The number of nitrogens with zero attached hydrogens (tertiary/aromatic N) is 1. The summed E-state index contributed by atoms with van der Waals surface area (Å²) in [6, 6.07) is 12.5. The Labute approximate surface area is 141 Å². The van der Waals surface area contributed by atoms with Crippen molar-refractivity contribution in [1.29, 1.82) is 0 Å². The molecule has 0 bridgehead atoms. The lowest BCUT2D eigenvalue weighted by Gasteiger charge is -2.35. The fourth-order valence-corrected chi connectivity index (χ4v) is 3.36. The summed E-state index contributed by atoms with van der Waals surface area (Å²) in [6.07, 6.45) is 1.58. The second kappa shape index (κ2) is 4.97. The molecule has 1 unspecified atom stereocenters. The highest BCUT2D eigenvalue weighted by Gasteiger charge is 2.60. The van der Waals surface area contributed by atoms with Gasteiger partial charge in [-0.1, -0.05) is 47.5 Å². The highest BCUT2D eigenvalue weighted by atomic mass is 35.5. The standard InChI is InChI=1S/C16H10Cl2N2O3/c17-11-5-3-6-12(18)14(11)20-13-7-2-1-4-9(13)8-10(15(21)22)16(20)19-23-16/h1-8,19H,(H,21,22). The molecule has 1 fully saturated rings. The van der Waals surface area contributed by atoms with E-state index < -0.39 is 11.8 Å². The molecule has 2 N–H and O–H groups in total. The second-order valence-corrected chi connectivity index (χ2v) is 5.99. The van der Waals surface area contributed by atoms with Crippen molar-refractivity contribution >= 4 is 46.6 Å². The van der Waals surface area contributed by atoms with E-state index in [9.17, 15) is 9.90 Å². The molecule has 5 nitrogen and oxygen atoms in total. The van der Waals surface area contributed by atoms with E-state index in [4.69, 9.17) is 28.0 Å². The SMILES string of the molecule is O=C(O)C1=Cc2ccccc2N(c2c(Cl)cccc2Cl)C12NO2. The molecule has 7 heteroatoms. The van der Waals surface area contributed by atoms with Gasteiger partial charge in [0.2, 0.25) is 0 Å². The van der Waals surface area contributed by atoms with Crippen LogP contribution in [-0.2, 0) is 9.63 Å². The Hall–Kier alpha value is -2.05. The van der Waals surface area contributed by atoms with E-state index in [1.807, 2.05) is 24.3 Å². The predicted molar refractivity (Wildman–Crippen MR) is 87.6 cm³/mol. The van der Waals surface area contributed by atoms with E-state index in [1.165, 1.54) is 0 Å². The van der Waals surface area contributed by atoms with Crippen LogP contribution < -0.4 is 10.4 Å². The fourth-order valence-electron chi connectivity index (χ4n) is 2.79. The topological polar surface area (TPSA) is 75.0 Å². The number of benzene rings is 2. The number of carboxylic acid groups (broad SMARTS) is 1. The maximum Gasteiger partial charge on any atom is 0.338 e. The summed E-state index contributed by atoms with van der Waals surface area (Å²) in [6.45, 7) is 0. The first-order valence-electron chi connectivity index (χ1n) is 6.78. The largest absolute Gasteiger partial charge is 0.478 e. The normalized spacial score (nSPS) is 21.8. The Balaban J connectivity index is 2.02. The highest BCUT2D eigenvalue weighted by molar-refractivity contribution is 6.39. The fraction of sp³-hybridized carbons (Fsp3) is 0.0625. The Morgan fingerprint density at radius 1 is 1.13 bits per heavy atom. The second-order valence-electron chi connectivity index (χ2n) is 5.18. The summed E-state index contributed by atoms with van der Waals surface area (Å²) in [5.74, 6) is -2.40. The van der Waals surface area contributed by atoms with Gasteiger partial charge in [-0.2, -0.15) is 0 Å². The van der Waals surface area contributed by atoms with Crippen LogP contribution in [0.5, 0.6) is 0 Å². The average Bonchev–Trinajstić information content (AvgIpc) is 3.29. The number of hydrogen-bond acceptors (Lipinski definition) is 4. The van der Waals surface area contributed by atoms with Crippen molar-refractivity contribution < 1.29 is 14.7 Å². The third-order valence-electron chi connectivity index (χ3n) is 3.84. The molecule has 2 aliphatic heterocycles. The Morgan fingerprint density at radius 3 is 2.39 bits per heavy atom. The zero-order chi connectivity index (χ0) is 16.2. The monoisotopic (exact) mass is 348 g/mol. The van der Waals surface area contributed by atoms with E-state index in [-0.39, 0.29) is 5.57 Å². The maximum absolute atomic E-state index is 11.7. The number of anilines is 2. The number of nitrogens with one attached hydrogen (secondary N) is 1. The molecular weight excluding hydrogens is 339 g/mol. The van der Waals surface area contributed by atoms with Crippen LogP contribution in [0, 0.1) is 0 Å². The third kappa shape index (κ3) is 2.05. The number of hydrogen-bond donors (Lipinski definition) is 2. The number of carbonyl (C=O) groups is 1. The van der Waals surface area contributed by atoms with Crippen LogP contribution in [0.1, 0.15) is 5.56 Å². The van der Waals surface area contributed by atoms with Crippen molar-refractivity contribution in [2.75, 3.05) is 4.90 Å². The van der Waals surface area contributed by atoms with Gasteiger partial charge in [-0.15, -0.1) is 5.48 Å². The molecule has 0 aliphatic carbocycles. The first-order valence-corrected chi connectivity index (χ1v) is 7.54. The molecule has 116 valence electrons. The van der Waals surface area contributed by atoms with Gasteiger partial charge >= 0.3 is 5.97 Å². The molecule has 2 heterocycles. The van der Waals surface area contributed by atoms with Gasteiger partial charge in [0, 0.05) is 0 Å². The van der Waals surface area contributed by atoms with Crippen molar-refractivity contribution in [1.82, 2.24) is 5.48 Å². The Kier molecular flexibility index (Phi) is 3.14. The van der Waals surface area contributed by atoms with Crippen LogP contribution in [0.2, 0.25) is 10.0 Å². The molecule has 2 aliphatic rings. The van der Waals surface area contributed by atoms with Crippen LogP contribution in [0.4, 0.5) is 11.4 Å². The number of fused-ring (bicyclic) bond motifs is 1. The Bertz CT molecular complexity index is 842. The van der Waals surface area contributed by atoms with Crippen molar-refractivity contribution in [3.8, 4) is 0 Å². The Morgan fingerprint density at radius 2 is 1.78 bits per heavy atom. The lowest BCUT2D eigenvalue weighted by molar-refractivity contribution is -0.133. The number of hydroxylamine groups is 1. The van der Waals surface area contributed by atoms with Crippen molar-refractivity contribution in [3.05, 3.63) is 63.6 Å². The summed E-state index contributed by atoms with van der Waals surface area (Å²) in [4.78, 5) is 18.7.